The minimum absolute atomic E-state index is 0.0861. The van der Waals surface area contributed by atoms with Crippen molar-refractivity contribution in [2.75, 3.05) is 12.8 Å². The maximum atomic E-state index is 10.9. The zero-order valence-corrected chi connectivity index (χ0v) is 8.73. The molecular weight excluding hydrogens is 196 g/mol. The SMILES string of the molecule is CCC(OC)c1ncc(C(N)=O)c(N)n1. The molecule has 1 rings (SSSR count). The number of nitrogen functional groups attached to an aromatic ring is 1. The molecule has 0 aliphatic heterocycles. The third-order valence-electron chi connectivity index (χ3n) is 2.05. The van der Waals surface area contributed by atoms with E-state index in [1.165, 1.54) is 6.20 Å². The van der Waals surface area contributed by atoms with Gasteiger partial charge in [-0.05, 0) is 6.42 Å². The molecule has 0 aromatic carbocycles. The third-order valence-corrected chi connectivity index (χ3v) is 2.05. The van der Waals surface area contributed by atoms with Crippen LogP contribution in [-0.2, 0) is 4.74 Å². The first-order chi connectivity index (χ1) is 7.10. The highest BCUT2D eigenvalue weighted by molar-refractivity contribution is 5.96. The number of hydrogen-bond acceptors (Lipinski definition) is 5. The number of amides is 1. The standard InChI is InChI=1S/C9H14N4O2/c1-3-6(15-2)9-12-4-5(8(11)14)7(10)13-9/h4,6H,3H2,1-2H3,(H2,11,14)(H2,10,12,13). The Labute approximate surface area is 87.7 Å². The minimum atomic E-state index is -0.635. The van der Waals surface area contributed by atoms with Crippen LogP contribution in [0.4, 0.5) is 5.82 Å². The summed E-state index contributed by atoms with van der Waals surface area (Å²) < 4.78 is 5.14. The van der Waals surface area contributed by atoms with Crippen molar-refractivity contribution in [3.8, 4) is 0 Å². The van der Waals surface area contributed by atoms with E-state index in [0.29, 0.717) is 5.82 Å². The lowest BCUT2D eigenvalue weighted by atomic mass is 10.2. The topological polar surface area (TPSA) is 104 Å². The lowest BCUT2D eigenvalue weighted by molar-refractivity contribution is 0.0923. The molecule has 0 saturated carbocycles. The molecule has 15 heavy (non-hydrogen) atoms. The molecule has 1 unspecified atom stereocenters. The fraction of sp³-hybridized carbons (Fsp3) is 0.444. The number of nitrogens with zero attached hydrogens (tertiary/aromatic N) is 2. The number of carbonyl (C=O) groups is 1. The molecule has 0 saturated heterocycles. The molecule has 0 bridgehead atoms. The molecule has 1 aromatic heterocycles. The van der Waals surface area contributed by atoms with Gasteiger partial charge in [0, 0.05) is 13.3 Å². The Morgan fingerprint density at radius 1 is 1.67 bits per heavy atom. The smallest absolute Gasteiger partial charge is 0.254 e. The molecule has 0 aliphatic carbocycles. The lowest BCUT2D eigenvalue weighted by Crippen LogP contribution is -2.17. The van der Waals surface area contributed by atoms with Crippen molar-refractivity contribution < 1.29 is 9.53 Å². The summed E-state index contributed by atoms with van der Waals surface area (Å²) in [6.45, 7) is 1.94. The molecule has 4 N–H and O–H groups in total. The maximum Gasteiger partial charge on any atom is 0.254 e. The van der Waals surface area contributed by atoms with Crippen LogP contribution in [0.2, 0.25) is 0 Å². The highest BCUT2D eigenvalue weighted by Crippen LogP contribution is 2.17. The Morgan fingerprint density at radius 2 is 2.33 bits per heavy atom. The Morgan fingerprint density at radius 3 is 2.73 bits per heavy atom. The molecule has 82 valence electrons. The van der Waals surface area contributed by atoms with Crippen molar-refractivity contribution in [3.05, 3.63) is 17.6 Å². The van der Waals surface area contributed by atoms with E-state index in [1.54, 1.807) is 7.11 Å². The van der Waals surface area contributed by atoms with Gasteiger partial charge >= 0.3 is 0 Å². The van der Waals surface area contributed by atoms with E-state index in [0.717, 1.165) is 6.42 Å². The number of carbonyl (C=O) groups excluding carboxylic acids is 1. The fourth-order valence-electron chi connectivity index (χ4n) is 1.21. The van der Waals surface area contributed by atoms with E-state index in [2.05, 4.69) is 9.97 Å². The highest BCUT2D eigenvalue weighted by Gasteiger charge is 2.14. The van der Waals surface area contributed by atoms with Crippen molar-refractivity contribution in [2.45, 2.75) is 19.4 Å². The largest absolute Gasteiger partial charge is 0.383 e. The fourth-order valence-corrected chi connectivity index (χ4v) is 1.21. The summed E-state index contributed by atoms with van der Waals surface area (Å²) in [5, 5.41) is 0. The van der Waals surface area contributed by atoms with Gasteiger partial charge in [0.1, 0.15) is 11.9 Å². The zero-order valence-electron chi connectivity index (χ0n) is 8.73. The van der Waals surface area contributed by atoms with Crippen LogP contribution in [0.5, 0.6) is 0 Å². The second-order valence-corrected chi connectivity index (χ2v) is 3.02. The van der Waals surface area contributed by atoms with E-state index >= 15 is 0 Å². The van der Waals surface area contributed by atoms with Crippen molar-refractivity contribution >= 4 is 11.7 Å². The minimum Gasteiger partial charge on any atom is -0.383 e. The monoisotopic (exact) mass is 210 g/mol. The van der Waals surface area contributed by atoms with Crippen LogP contribution < -0.4 is 11.5 Å². The Hall–Kier alpha value is -1.69. The number of hydrogen-bond donors (Lipinski definition) is 2. The number of ether oxygens (including phenoxy) is 1. The molecule has 0 radical (unpaired) electrons. The quantitative estimate of drug-likeness (QED) is 0.741. The third kappa shape index (κ3) is 2.41. The molecule has 6 nitrogen and oxygen atoms in total. The number of anilines is 1. The van der Waals surface area contributed by atoms with Gasteiger partial charge < -0.3 is 16.2 Å². The number of methoxy groups -OCH3 is 1. The highest BCUT2D eigenvalue weighted by atomic mass is 16.5. The molecule has 0 spiro atoms. The molecule has 1 aromatic rings. The average Bonchev–Trinajstić information content (AvgIpc) is 2.19. The number of aromatic nitrogens is 2. The Bertz CT molecular complexity index is 363. The molecule has 1 heterocycles. The van der Waals surface area contributed by atoms with Crippen LogP contribution in [0.15, 0.2) is 6.20 Å². The molecule has 6 heteroatoms. The van der Waals surface area contributed by atoms with E-state index in [-0.39, 0.29) is 17.5 Å². The number of primary amides is 1. The van der Waals surface area contributed by atoms with Crippen molar-refractivity contribution in [1.29, 1.82) is 0 Å². The Kier molecular flexibility index (Phi) is 3.56. The van der Waals surface area contributed by atoms with E-state index < -0.39 is 5.91 Å². The summed E-state index contributed by atoms with van der Waals surface area (Å²) >= 11 is 0. The summed E-state index contributed by atoms with van der Waals surface area (Å²) in [5.74, 6) is -0.0879. The van der Waals surface area contributed by atoms with Gasteiger partial charge in [-0.25, -0.2) is 9.97 Å². The van der Waals surface area contributed by atoms with Gasteiger partial charge in [0.25, 0.3) is 5.91 Å². The van der Waals surface area contributed by atoms with Crippen LogP contribution in [0.3, 0.4) is 0 Å². The summed E-state index contributed by atoms with van der Waals surface area (Å²) in [4.78, 5) is 18.8. The predicted molar refractivity (Wildman–Crippen MR) is 55.0 cm³/mol. The summed E-state index contributed by atoms with van der Waals surface area (Å²) in [6.07, 6.45) is 1.84. The van der Waals surface area contributed by atoms with E-state index in [1.807, 2.05) is 6.92 Å². The normalized spacial score (nSPS) is 12.4. The zero-order chi connectivity index (χ0) is 11.4. The predicted octanol–water partition coefficient (Wildman–Crippen LogP) is 0.255. The van der Waals surface area contributed by atoms with Crippen LogP contribution in [0, 0.1) is 0 Å². The summed E-state index contributed by atoms with van der Waals surface area (Å²) in [6, 6.07) is 0. The van der Waals surface area contributed by atoms with E-state index in [9.17, 15) is 4.79 Å². The Balaban J connectivity index is 3.05. The van der Waals surface area contributed by atoms with Gasteiger partial charge in [0.2, 0.25) is 0 Å². The molecule has 0 aliphatic rings. The number of rotatable bonds is 4. The molecule has 1 atom stereocenters. The summed E-state index contributed by atoms with van der Waals surface area (Å²) in [7, 11) is 1.57. The van der Waals surface area contributed by atoms with Crippen LogP contribution in [0.1, 0.15) is 35.6 Å². The summed E-state index contributed by atoms with van der Waals surface area (Å²) in [5.41, 5.74) is 10.8. The van der Waals surface area contributed by atoms with Crippen LogP contribution in [-0.4, -0.2) is 23.0 Å². The van der Waals surface area contributed by atoms with Crippen LogP contribution >= 0.6 is 0 Å². The van der Waals surface area contributed by atoms with Crippen molar-refractivity contribution in [2.24, 2.45) is 5.73 Å². The van der Waals surface area contributed by atoms with Gasteiger partial charge in [-0.15, -0.1) is 0 Å². The first kappa shape index (κ1) is 11.4. The number of nitrogens with two attached hydrogens (primary N) is 2. The van der Waals surface area contributed by atoms with Gasteiger partial charge in [0.15, 0.2) is 5.82 Å². The van der Waals surface area contributed by atoms with Gasteiger partial charge in [-0.3, -0.25) is 4.79 Å². The second kappa shape index (κ2) is 4.70. The van der Waals surface area contributed by atoms with Gasteiger partial charge in [-0.1, -0.05) is 6.92 Å². The lowest BCUT2D eigenvalue weighted by Gasteiger charge is -2.12. The van der Waals surface area contributed by atoms with Crippen molar-refractivity contribution in [1.82, 2.24) is 9.97 Å². The maximum absolute atomic E-state index is 10.9. The first-order valence-corrected chi connectivity index (χ1v) is 4.55. The van der Waals surface area contributed by atoms with Crippen molar-refractivity contribution in [3.63, 3.8) is 0 Å². The van der Waals surface area contributed by atoms with Crippen LogP contribution in [0.25, 0.3) is 0 Å². The molecule has 1 amide bonds. The second-order valence-electron chi connectivity index (χ2n) is 3.02. The molecular formula is C9H14N4O2. The van der Waals surface area contributed by atoms with E-state index in [4.69, 9.17) is 16.2 Å². The first-order valence-electron chi connectivity index (χ1n) is 4.55. The average molecular weight is 210 g/mol. The molecule has 0 fully saturated rings. The van der Waals surface area contributed by atoms with Gasteiger partial charge in [-0.2, -0.15) is 0 Å². The van der Waals surface area contributed by atoms with Gasteiger partial charge in [0.05, 0.1) is 5.56 Å².